The predicted molar refractivity (Wildman–Crippen MR) is 100 cm³/mol. The number of hydrogen-bond acceptors (Lipinski definition) is 4. The Morgan fingerprint density at radius 1 is 1.20 bits per heavy atom. The summed E-state index contributed by atoms with van der Waals surface area (Å²) in [6, 6.07) is 0.441. The predicted octanol–water partition coefficient (Wildman–Crippen LogP) is 3.47. The second kappa shape index (κ2) is 7.54. The fourth-order valence-electron chi connectivity index (χ4n) is 3.71. The van der Waals surface area contributed by atoms with Crippen LogP contribution in [0.3, 0.4) is 0 Å². The van der Waals surface area contributed by atoms with Gasteiger partial charge in [0.15, 0.2) is 17.5 Å². The van der Waals surface area contributed by atoms with Gasteiger partial charge in [-0.3, -0.25) is 9.58 Å². The molecule has 8 nitrogen and oxygen atoms in total. The number of nitrogens with one attached hydrogen (secondary N) is 1. The van der Waals surface area contributed by atoms with E-state index in [-0.39, 0.29) is 24.3 Å². The first-order valence-electron chi connectivity index (χ1n) is 9.49. The summed E-state index contributed by atoms with van der Waals surface area (Å²) in [4.78, 5) is 28.0. The van der Waals surface area contributed by atoms with Crippen LogP contribution in [0.5, 0.6) is 0 Å². The number of rotatable bonds is 2. The molecule has 2 atom stereocenters. The van der Waals surface area contributed by atoms with Gasteiger partial charge in [-0.25, -0.2) is 22.8 Å². The molecule has 1 aromatic carbocycles. The maximum Gasteiger partial charge on any atom is 0.414 e. The number of ether oxygens (including phenoxy) is 1. The van der Waals surface area contributed by atoms with E-state index < -0.39 is 29.6 Å². The van der Waals surface area contributed by atoms with Crippen LogP contribution in [0.15, 0.2) is 18.3 Å². The minimum absolute atomic E-state index is 0.0908. The average Bonchev–Trinajstić information content (AvgIpc) is 3.07. The number of amides is 3. The van der Waals surface area contributed by atoms with Gasteiger partial charge in [0, 0.05) is 30.3 Å². The summed E-state index contributed by atoms with van der Waals surface area (Å²) in [6.07, 6.45) is 1.76. The summed E-state index contributed by atoms with van der Waals surface area (Å²) < 4.78 is 46.9. The second-order valence-corrected chi connectivity index (χ2v) is 7.44. The maximum absolute atomic E-state index is 13.5. The number of halogens is 3. The second-order valence-electron chi connectivity index (χ2n) is 7.44. The molecule has 11 heteroatoms. The number of carbonyl (C=O) groups is 2. The topological polar surface area (TPSA) is 79.7 Å². The molecule has 0 saturated carbocycles. The van der Waals surface area contributed by atoms with Crippen molar-refractivity contribution >= 4 is 23.5 Å². The Bertz CT molecular complexity index is 988. The molecule has 1 unspecified atom stereocenters. The number of nitrogens with zero attached hydrogens (tertiary/aromatic N) is 4. The van der Waals surface area contributed by atoms with Gasteiger partial charge in [-0.2, -0.15) is 5.10 Å². The van der Waals surface area contributed by atoms with Crippen molar-refractivity contribution < 1.29 is 27.5 Å². The van der Waals surface area contributed by atoms with E-state index in [2.05, 4.69) is 10.4 Å². The third kappa shape index (κ3) is 3.44. The van der Waals surface area contributed by atoms with Gasteiger partial charge in [-0.05, 0) is 13.8 Å². The summed E-state index contributed by atoms with van der Waals surface area (Å²) >= 11 is 0. The van der Waals surface area contributed by atoms with Gasteiger partial charge in [0.05, 0.1) is 43.3 Å². The molecule has 30 heavy (non-hydrogen) atoms. The Morgan fingerprint density at radius 3 is 2.57 bits per heavy atom. The molecule has 0 spiro atoms. The van der Waals surface area contributed by atoms with E-state index in [0.29, 0.717) is 43.1 Å². The number of aromatic nitrogens is 2. The van der Waals surface area contributed by atoms with Gasteiger partial charge in [0.2, 0.25) is 0 Å². The van der Waals surface area contributed by atoms with Crippen molar-refractivity contribution in [1.82, 2.24) is 14.7 Å². The molecular formula is C19H20F3N5O3. The van der Waals surface area contributed by atoms with E-state index in [0.717, 1.165) is 0 Å². The van der Waals surface area contributed by atoms with Crippen LogP contribution in [0.4, 0.5) is 34.1 Å². The number of anilines is 2. The van der Waals surface area contributed by atoms with Crippen molar-refractivity contribution in [3.8, 4) is 0 Å². The highest BCUT2D eigenvalue weighted by atomic mass is 19.2. The Morgan fingerprint density at radius 2 is 1.90 bits per heavy atom. The lowest BCUT2D eigenvalue weighted by molar-refractivity contribution is 0.130. The number of carbonyl (C=O) groups excluding carboxylic acids is 2. The van der Waals surface area contributed by atoms with Gasteiger partial charge in [0.25, 0.3) is 0 Å². The quantitative estimate of drug-likeness (QED) is 0.751. The van der Waals surface area contributed by atoms with Crippen LogP contribution in [0.2, 0.25) is 0 Å². The molecule has 4 rings (SSSR count). The summed E-state index contributed by atoms with van der Waals surface area (Å²) in [5.74, 6) is -4.39. The van der Waals surface area contributed by atoms with Crippen molar-refractivity contribution in [1.29, 1.82) is 0 Å². The van der Waals surface area contributed by atoms with Crippen LogP contribution in [0.1, 0.15) is 26.0 Å². The summed E-state index contributed by atoms with van der Waals surface area (Å²) in [5, 5.41) is 6.73. The standard InChI is InChI=1S/C19H20F3N5O3/c1-10-3-4-30-19(29)27(10)15-7-23-26-8-11(2)25(9-16(15)26)18(28)24-12-5-13(20)17(22)14(21)6-12/h5-7,10-11H,3-4,8-9H2,1-2H3,(H,24,28)/t10?,11-/m0/s1. The zero-order valence-corrected chi connectivity index (χ0v) is 16.4. The lowest BCUT2D eigenvalue weighted by Crippen LogP contribution is -2.48. The minimum atomic E-state index is -1.60. The zero-order valence-electron chi connectivity index (χ0n) is 16.4. The fourth-order valence-corrected chi connectivity index (χ4v) is 3.71. The minimum Gasteiger partial charge on any atom is -0.449 e. The molecular weight excluding hydrogens is 403 g/mol. The van der Waals surface area contributed by atoms with Crippen molar-refractivity contribution in [2.24, 2.45) is 0 Å². The number of urea groups is 1. The van der Waals surface area contributed by atoms with E-state index in [9.17, 15) is 22.8 Å². The largest absolute Gasteiger partial charge is 0.449 e. The van der Waals surface area contributed by atoms with Crippen LogP contribution < -0.4 is 10.2 Å². The molecule has 1 N–H and O–H groups in total. The van der Waals surface area contributed by atoms with Gasteiger partial charge >= 0.3 is 12.1 Å². The van der Waals surface area contributed by atoms with Crippen molar-refractivity contribution in [3.05, 3.63) is 41.5 Å². The maximum atomic E-state index is 13.5. The van der Waals surface area contributed by atoms with E-state index >= 15 is 0 Å². The van der Waals surface area contributed by atoms with Crippen LogP contribution in [-0.2, 0) is 17.8 Å². The molecule has 1 saturated heterocycles. The SMILES string of the molecule is CC1CCOC(=O)N1c1cnn2c1CN(C(=O)Nc1cc(F)c(F)c(F)c1)[C@@H](C)C2. The van der Waals surface area contributed by atoms with Crippen molar-refractivity contribution in [2.75, 3.05) is 16.8 Å². The molecule has 0 aliphatic carbocycles. The average molecular weight is 423 g/mol. The first-order chi connectivity index (χ1) is 14.3. The number of cyclic esters (lactones) is 1. The fraction of sp³-hybridized carbons (Fsp3) is 0.421. The lowest BCUT2D eigenvalue weighted by atomic mass is 10.1. The lowest BCUT2D eigenvalue weighted by Gasteiger charge is -2.37. The van der Waals surface area contributed by atoms with Crippen LogP contribution in [0.25, 0.3) is 0 Å². The third-order valence-electron chi connectivity index (χ3n) is 5.37. The van der Waals surface area contributed by atoms with Gasteiger partial charge < -0.3 is 15.0 Å². The Balaban J connectivity index is 1.58. The monoisotopic (exact) mass is 423 g/mol. The van der Waals surface area contributed by atoms with E-state index in [1.165, 1.54) is 9.80 Å². The first kappa shape index (κ1) is 20.0. The molecule has 3 heterocycles. The Labute approximate surface area is 170 Å². The van der Waals surface area contributed by atoms with Gasteiger partial charge in [-0.1, -0.05) is 0 Å². The van der Waals surface area contributed by atoms with Crippen LogP contribution >= 0.6 is 0 Å². The van der Waals surface area contributed by atoms with Crippen molar-refractivity contribution in [3.63, 3.8) is 0 Å². The summed E-state index contributed by atoms with van der Waals surface area (Å²) in [6.45, 7) is 4.53. The molecule has 1 fully saturated rings. The number of benzene rings is 1. The molecule has 2 aliphatic rings. The van der Waals surface area contributed by atoms with E-state index in [1.54, 1.807) is 17.8 Å². The van der Waals surface area contributed by atoms with Gasteiger partial charge in [-0.15, -0.1) is 0 Å². The third-order valence-corrected chi connectivity index (χ3v) is 5.37. The molecule has 160 valence electrons. The van der Waals surface area contributed by atoms with Gasteiger partial charge in [0.1, 0.15) is 0 Å². The normalized spacial score (nSPS) is 21.3. The highest BCUT2D eigenvalue weighted by Crippen LogP contribution is 2.31. The summed E-state index contributed by atoms with van der Waals surface area (Å²) in [7, 11) is 0. The Kier molecular flexibility index (Phi) is 5.04. The number of fused-ring (bicyclic) bond motifs is 1. The highest BCUT2D eigenvalue weighted by molar-refractivity contribution is 5.91. The first-order valence-corrected chi connectivity index (χ1v) is 9.49. The van der Waals surface area contributed by atoms with Crippen LogP contribution in [-0.4, -0.2) is 45.5 Å². The molecule has 0 radical (unpaired) electrons. The molecule has 2 aliphatic heterocycles. The highest BCUT2D eigenvalue weighted by Gasteiger charge is 2.35. The number of hydrogen-bond donors (Lipinski definition) is 1. The van der Waals surface area contributed by atoms with E-state index in [1.807, 2.05) is 6.92 Å². The Hall–Kier alpha value is -3.24. The van der Waals surface area contributed by atoms with Crippen molar-refractivity contribution in [2.45, 2.75) is 45.4 Å². The van der Waals surface area contributed by atoms with Crippen LogP contribution in [0, 0.1) is 17.5 Å². The van der Waals surface area contributed by atoms with E-state index in [4.69, 9.17) is 4.74 Å². The smallest absolute Gasteiger partial charge is 0.414 e. The molecule has 0 bridgehead atoms. The molecule has 2 aromatic rings. The molecule has 1 aromatic heterocycles. The zero-order chi connectivity index (χ0) is 21.6. The summed E-state index contributed by atoms with van der Waals surface area (Å²) in [5.41, 5.74) is 0.998. The molecule has 3 amide bonds.